The lowest BCUT2D eigenvalue weighted by Crippen LogP contribution is -2.82. The molecule has 1 saturated carbocycles. The fraction of sp³-hybridized carbons (Fsp3) is 0.576. The predicted octanol–water partition coefficient (Wildman–Crippen LogP) is 3.56. The van der Waals surface area contributed by atoms with Crippen molar-refractivity contribution in [1.29, 1.82) is 0 Å². The van der Waals surface area contributed by atoms with Crippen molar-refractivity contribution >= 4 is 11.9 Å². The molecule has 0 bridgehead atoms. The topological polar surface area (TPSA) is 95.5 Å². The van der Waals surface area contributed by atoms with Crippen molar-refractivity contribution in [2.24, 2.45) is 11.8 Å². The molecule has 10 heteroatoms. The smallest absolute Gasteiger partial charge is 0.430 e. The van der Waals surface area contributed by atoms with Crippen LogP contribution in [0.25, 0.3) is 0 Å². The van der Waals surface area contributed by atoms with E-state index < -0.39 is 12.1 Å². The second-order valence-electron chi connectivity index (χ2n) is 12.3. The number of methoxy groups -OCH3 is 1. The maximum Gasteiger partial charge on any atom is 0.430 e. The van der Waals surface area contributed by atoms with Crippen LogP contribution >= 0.6 is 0 Å². The van der Waals surface area contributed by atoms with Gasteiger partial charge in [0.1, 0.15) is 11.9 Å². The highest BCUT2D eigenvalue weighted by atomic mass is 19.4. The minimum absolute atomic E-state index is 0.00776. The van der Waals surface area contributed by atoms with E-state index in [4.69, 9.17) is 19.4 Å². The molecule has 1 aliphatic carbocycles. The number of fused-ring (bicyclic) bond motifs is 2. The molecule has 2 aromatic rings. The molecular formula is C33H41F3N2O5. The molecule has 0 radical (unpaired) electrons. The highest BCUT2D eigenvalue weighted by molar-refractivity contribution is 5.82. The standard InChI is InChI=1S/C31H40N2O3.C2HF3O2/c1-35-28-14-8-13-25-29(28)36-18-16-31(25)21-32-20-26(31)30(34)33-17-15-24(22-9-4-2-5-10-22)19-27(33)23-11-6-3-7-12-23;3-2(4,5)1(6)7/h2,4-5,8-10,13-14,23-24,26-27,32H,3,6-7,11-12,15-21H2,1H3;(H,6,7)/t24-,26?,27+,31+;/m1./s1. The molecule has 1 amide bonds. The Labute approximate surface area is 250 Å². The summed E-state index contributed by atoms with van der Waals surface area (Å²) >= 11 is 0. The molecule has 2 aromatic carbocycles. The summed E-state index contributed by atoms with van der Waals surface area (Å²) < 4.78 is 43.3. The molecule has 0 aromatic heterocycles. The van der Waals surface area contributed by atoms with Crippen LogP contribution in [0.1, 0.15) is 68.4 Å². The summed E-state index contributed by atoms with van der Waals surface area (Å²) in [5.41, 5.74) is 2.45. The third-order valence-electron chi connectivity index (χ3n) is 10.0. The van der Waals surface area contributed by atoms with Gasteiger partial charge in [-0.05, 0) is 55.6 Å². The molecular weight excluding hydrogens is 561 g/mol. The molecule has 2 N–H and O–H groups in total. The van der Waals surface area contributed by atoms with Gasteiger partial charge in [0, 0.05) is 18.2 Å². The number of alkyl halides is 3. The first kappa shape index (κ1) is 31.2. The molecule has 4 atom stereocenters. The fourth-order valence-electron chi connectivity index (χ4n) is 7.94. The van der Waals surface area contributed by atoms with E-state index >= 15 is 0 Å². The number of likely N-dealkylation sites (tertiary alicyclic amines) is 1. The SMILES string of the molecule is COc1cccc2c1OCC[C@]21C[NH2+]CC1C(=O)N1CC[C@@H](c2ccccc2)C[C@H]1C1CCCCC1.O=C([O-])C(F)(F)F. The van der Waals surface area contributed by atoms with Crippen molar-refractivity contribution < 1.29 is 42.7 Å². The maximum atomic E-state index is 14.6. The van der Waals surface area contributed by atoms with Crippen molar-refractivity contribution in [3.63, 3.8) is 0 Å². The number of carbonyl (C=O) groups is 2. The number of carboxylic acid groups (broad SMARTS) is 1. The van der Waals surface area contributed by atoms with Gasteiger partial charge >= 0.3 is 6.18 Å². The van der Waals surface area contributed by atoms with Gasteiger partial charge in [-0.1, -0.05) is 61.7 Å². The van der Waals surface area contributed by atoms with E-state index in [-0.39, 0.29) is 11.3 Å². The fourth-order valence-corrected chi connectivity index (χ4v) is 7.94. The minimum Gasteiger partial charge on any atom is -0.542 e. The summed E-state index contributed by atoms with van der Waals surface area (Å²) in [4.78, 5) is 25.7. The Balaban J connectivity index is 0.000000472. The van der Waals surface area contributed by atoms with Crippen LogP contribution in [0.2, 0.25) is 0 Å². The number of halogens is 3. The van der Waals surface area contributed by atoms with Gasteiger partial charge in [-0.15, -0.1) is 0 Å². The maximum absolute atomic E-state index is 14.6. The van der Waals surface area contributed by atoms with Crippen molar-refractivity contribution in [2.75, 3.05) is 33.4 Å². The summed E-state index contributed by atoms with van der Waals surface area (Å²) in [7, 11) is 1.70. The number of benzene rings is 2. The van der Waals surface area contributed by atoms with Crippen LogP contribution < -0.4 is 19.9 Å². The normalized spacial score (nSPS) is 27.4. The number of hydrogen-bond donors (Lipinski definition) is 1. The number of nitrogens with two attached hydrogens (primary N) is 1. The van der Waals surface area contributed by atoms with Crippen LogP contribution in [-0.2, 0) is 15.0 Å². The number of ether oxygens (including phenoxy) is 2. The molecule has 2 saturated heterocycles. The number of quaternary nitrogens is 1. The number of aliphatic carboxylic acids is 1. The van der Waals surface area contributed by atoms with Crippen molar-refractivity contribution in [3.05, 3.63) is 59.7 Å². The zero-order valence-electron chi connectivity index (χ0n) is 24.6. The Morgan fingerprint density at radius 1 is 1.05 bits per heavy atom. The van der Waals surface area contributed by atoms with E-state index in [1.165, 1.54) is 43.2 Å². The Hall–Kier alpha value is -3.27. The number of rotatable bonds is 4. The third kappa shape index (κ3) is 6.49. The first-order chi connectivity index (χ1) is 20.7. The van der Waals surface area contributed by atoms with E-state index in [2.05, 4.69) is 52.7 Å². The molecule has 234 valence electrons. The molecule has 3 aliphatic heterocycles. The Bertz CT molecular complexity index is 1270. The van der Waals surface area contributed by atoms with Gasteiger partial charge in [0.2, 0.25) is 5.91 Å². The first-order valence-corrected chi connectivity index (χ1v) is 15.4. The van der Waals surface area contributed by atoms with Crippen molar-refractivity contribution in [3.8, 4) is 11.5 Å². The van der Waals surface area contributed by atoms with Gasteiger partial charge in [-0.2, -0.15) is 13.2 Å². The minimum atomic E-state index is -5.19. The zero-order valence-corrected chi connectivity index (χ0v) is 24.6. The summed E-state index contributed by atoms with van der Waals surface area (Å²) in [5, 5.41) is 11.1. The van der Waals surface area contributed by atoms with Crippen LogP contribution in [-0.4, -0.2) is 62.3 Å². The average Bonchev–Trinajstić information content (AvgIpc) is 3.44. The zero-order chi connectivity index (χ0) is 30.6. The van der Waals surface area contributed by atoms with E-state index in [9.17, 15) is 18.0 Å². The number of para-hydroxylation sites is 1. The number of carboxylic acids is 1. The van der Waals surface area contributed by atoms with Crippen molar-refractivity contribution in [2.45, 2.75) is 74.9 Å². The Kier molecular flexibility index (Phi) is 9.54. The molecule has 3 fully saturated rings. The predicted molar refractivity (Wildman–Crippen MR) is 151 cm³/mol. The monoisotopic (exact) mass is 602 g/mol. The number of piperidine rings is 1. The van der Waals surface area contributed by atoms with E-state index in [0.29, 0.717) is 30.4 Å². The van der Waals surface area contributed by atoms with Crippen LogP contribution in [0.3, 0.4) is 0 Å². The quantitative estimate of drug-likeness (QED) is 0.578. The van der Waals surface area contributed by atoms with E-state index in [0.717, 1.165) is 50.4 Å². The van der Waals surface area contributed by atoms with Crippen LogP contribution in [0.15, 0.2) is 48.5 Å². The molecule has 1 spiro atoms. The highest BCUT2D eigenvalue weighted by Gasteiger charge is 2.56. The third-order valence-corrected chi connectivity index (χ3v) is 10.0. The molecule has 3 heterocycles. The number of carbonyl (C=O) groups excluding carboxylic acids is 2. The van der Waals surface area contributed by atoms with Gasteiger partial charge in [0.15, 0.2) is 11.5 Å². The summed E-state index contributed by atoms with van der Waals surface area (Å²) in [5.74, 6) is 0.206. The van der Waals surface area contributed by atoms with E-state index in [1.807, 2.05) is 6.07 Å². The largest absolute Gasteiger partial charge is 0.542 e. The average molecular weight is 603 g/mol. The molecule has 7 nitrogen and oxygen atoms in total. The van der Waals surface area contributed by atoms with Gasteiger partial charge in [0.05, 0.1) is 32.2 Å². The van der Waals surface area contributed by atoms with E-state index in [1.54, 1.807) is 7.11 Å². The highest BCUT2D eigenvalue weighted by Crippen LogP contribution is 2.49. The van der Waals surface area contributed by atoms with Crippen LogP contribution in [0.5, 0.6) is 11.5 Å². The molecule has 43 heavy (non-hydrogen) atoms. The van der Waals surface area contributed by atoms with Crippen LogP contribution in [0.4, 0.5) is 13.2 Å². The second kappa shape index (κ2) is 13.2. The molecule has 4 aliphatic rings. The number of amides is 1. The van der Waals surface area contributed by atoms with Gasteiger partial charge in [-0.25, -0.2) is 0 Å². The lowest BCUT2D eigenvalue weighted by molar-refractivity contribution is -0.640. The Morgan fingerprint density at radius 3 is 2.44 bits per heavy atom. The summed E-state index contributed by atoms with van der Waals surface area (Å²) in [6, 6.07) is 17.6. The van der Waals surface area contributed by atoms with Gasteiger partial charge in [0.25, 0.3) is 0 Å². The van der Waals surface area contributed by atoms with Crippen molar-refractivity contribution in [1.82, 2.24) is 4.90 Å². The molecule has 6 rings (SSSR count). The molecule has 1 unspecified atom stereocenters. The Morgan fingerprint density at radius 2 is 1.77 bits per heavy atom. The van der Waals surface area contributed by atoms with Gasteiger partial charge < -0.3 is 29.6 Å². The van der Waals surface area contributed by atoms with Gasteiger partial charge in [-0.3, -0.25) is 4.79 Å². The second-order valence-corrected chi connectivity index (χ2v) is 12.3. The lowest BCUT2D eigenvalue weighted by atomic mass is 9.67. The first-order valence-electron chi connectivity index (χ1n) is 15.4. The number of nitrogens with zero attached hydrogens (tertiary/aromatic N) is 1. The number of hydrogen-bond acceptors (Lipinski definition) is 5. The lowest BCUT2D eigenvalue weighted by Gasteiger charge is -2.47. The van der Waals surface area contributed by atoms with Crippen LogP contribution in [0, 0.1) is 11.8 Å². The summed E-state index contributed by atoms with van der Waals surface area (Å²) in [6.45, 7) is 3.34. The summed E-state index contributed by atoms with van der Waals surface area (Å²) in [6.07, 6.45) is 4.38.